The Morgan fingerprint density at radius 3 is 2.08 bits per heavy atom. The van der Waals surface area contributed by atoms with Gasteiger partial charge >= 0.3 is 0 Å². The molecule has 2 heteroatoms. The smallest absolute Gasteiger partial charge is 0.193 e. The van der Waals surface area contributed by atoms with E-state index in [1.807, 2.05) is 54.6 Å². The molecule has 140 valence electrons. The molecule has 0 aromatic heterocycles. The van der Waals surface area contributed by atoms with Crippen molar-refractivity contribution in [2.45, 2.75) is 58.8 Å². The quantitative estimate of drug-likeness (QED) is 0.314. The Labute approximate surface area is 158 Å². The number of carbonyl (C=O) groups is 1. The van der Waals surface area contributed by atoms with E-state index >= 15 is 0 Å². The van der Waals surface area contributed by atoms with Crippen molar-refractivity contribution in [3.63, 3.8) is 0 Å². The molecular weight excluding hydrogens is 320 g/mol. The SMILES string of the molecule is CCCCCC(CCCC)COc1ccc(C(=O)c2ccccc2)cc1. The molecule has 0 spiro atoms. The van der Waals surface area contributed by atoms with Gasteiger partial charge < -0.3 is 4.74 Å². The fraction of sp³-hybridized carbons (Fsp3) is 0.458. The third-order valence-electron chi connectivity index (χ3n) is 4.82. The second-order valence-corrected chi connectivity index (χ2v) is 7.03. The first-order valence-electron chi connectivity index (χ1n) is 10.1. The normalized spacial score (nSPS) is 11.9. The number of hydrogen-bond acceptors (Lipinski definition) is 2. The van der Waals surface area contributed by atoms with Crippen molar-refractivity contribution in [1.29, 1.82) is 0 Å². The summed E-state index contributed by atoms with van der Waals surface area (Å²) in [7, 11) is 0. The van der Waals surface area contributed by atoms with Gasteiger partial charge in [0.1, 0.15) is 5.75 Å². The van der Waals surface area contributed by atoms with Crippen LogP contribution in [0.4, 0.5) is 0 Å². The molecule has 26 heavy (non-hydrogen) atoms. The highest BCUT2D eigenvalue weighted by Crippen LogP contribution is 2.20. The summed E-state index contributed by atoms with van der Waals surface area (Å²) < 4.78 is 6.03. The van der Waals surface area contributed by atoms with E-state index in [0.717, 1.165) is 17.9 Å². The fourth-order valence-electron chi connectivity index (χ4n) is 3.16. The minimum Gasteiger partial charge on any atom is -0.493 e. The number of hydrogen-bond donors (Lipinski definition) is 0. The average molecular weight is 353 g/mol. The zero-order valence-corrected chi connectivity index (χ0v) is 16.2. The van der Waals surface area contributed by atoms with Gasteiger partial charge in [0.25, 0.3) is 0 Å². The van der Waals surface area contributed by atoms with Crippen molar-refractivity contribution in [2.75, 3.05) is 6.61 Å². The van der Waals surface area contributed by atoms with Crippen molar-refractivity contribution in [3.05, 3.63) is 65.7 Å². The predicted molar refractivity (Wildman–Crippen MR) is 109 cm³/mol. The number of carbonyl (C=O) groups excluding carboxylic acids is 1. The zero-order chi connectivity index (χ0) is 18.6. The maximum atomic E-state index is 12.4. The lowest BCUT2D eigenvalue weighted by molar-refractivity contribution is 0.103. The Hall–Kier alpha value is -2.09. The molecule has 0 N–H and O–H groups in total. The number of unbranched alkanes of at least 4 members (excludes halogenated alkanes) is 3. The van der Waals surface area contributed by atoms with E-state index in [1.165, 1.54) is 44.9 Å². The molecule has 1 atom stereocenters. The minimum atomic E-state index is 0.0533. The number of rotatable bonds is 12. The fourth-order valence-corrected chi connectivity index (χ4v) is 3.16. The van der Waals surface area contributed by atoms with Gasteiger partial charge in [-0.05, 0) is 43.0 Å². The molecule has 1 unspecified atom stereocenters. The Kier molecular flexibility index (Phi) is 8.95. The highest BCUT2D eigenvalue weighted by molar-refractivity contribution is 6.08. The molecule has 0 fully saturated rings. The standard InChI is InChI=1S/C24H32O2/c1-3-5-8-12-20(11-6-4-2)19-26-23-17-15-22(16-18-23)24(25)21-13-9-7-10-14-21/h7,9-10,13-18,20H,3-6,8,11-12,19H2,1-2H3. The molecule has 0 radical (unpaired) electrons. The first kappa shape index (κ1) is 20.2. The van der Waals surface area contributed by atoms with E-state index < -0.39 is 0 Å². The van der Waals surface area contributed by atoms with Crippen LogP contribution in [0.15, 0.2) is 54.6 Å². The van der Waals surface area contributed by atoms with Crippen LogP contribution < -0.4 is 4.74 Å². The second kappa shape index (κ2) is 11.5. The van der Waals surface area contributed by atoms with Crippen molar-refractivity contribution < 1.29 is 9.53 Å². The van der Waals surface area contributed by atoms with Gasteiger partial charge in [0, 0.05) is 11.1 Å². The van der Waals surface area contributed by atoms with E-state index in [2.05, 4.69) is 13.8 Å². The zero-order valence-electron chi connectivity index (χ0n) is 16.2. The third kappa shape index (κ3) is 6.67. The summed E-state index contributed by atoms with van der Waals surface area (Å²) in [5.41, 5.74) is 1.42. The number of ether oxygens (including phenoxy) is 1. The van der Waals surface area contributed by atoms with Crippen LogP contribution in [-0.2, 0) is 0 Å². The molecule has 0 aliphatic heterocycles. The lowest BCUT2D eigenvalue weighted by Gasteiger charge is -2.17. The molecule has 2 aromatic rings. The first-order chi connectivity index (χ1) is 12.7. The van der Waals surface area contributed by atoms with Crippen molar-refractivity contribution in [1.82, 2.24) is 0 Å². The van der Waals surface area contributed by atoms with Crippen molar-refractivity contribution >= 4 is 5.78 Å². The summed E-state index contributed by atoms with van der Waals surface area (Å²) in [6.07, 6.45) is 8.85. The highest BCUT2D eigenvalue weighted by atomic mass is 16.5. The molecule has 0 bridgehead atoms. The molecule has 2 rings (SSSR count). The van der Waals surface area contributed by atoms with Gasteiger partial charge in [-0.2, -0.15) is 0 Å². The summed E-state index contributed by atoms with van der Waals surface area (Å²) in [6, 6.07) is 17.0. The van der Waals surface area contributed by atoms with E-state index in [9.17, 15) is 4.79 Å². The number of benzene rings is 2. The molecule has 0 heterocycles. The molecular formula is C24H32O2. The summed E-state index contributed by atoms with van der Waals surface area (Å²) >= 11 is 0. The summed E-state index contributed by atoms with van der Waals surface area (Å²) in [5, 5.41) is 0. The first-order valence-corrected chi connectivity index (χ1v) is 10.1. The minimum absolute atomic E-state index is 0.0533. The van der Waals surface area contributed by atoms with E-state index in [0.29, 0.717) is 11.5 Å². The van der Waals surface area contributed by atoms with Gasteiger partial charge in [-0.1, -0.05) is 76.3 Å². The highest BCUT2D eigenvalue weighted by Gasteiger charge is 2.11. The van der Waals surface area contributed by atoms with Crippen LogP contribution in [0, 0.1) is 5.92 Å². The molecule has 0 amide bonds. The topological polar surface area (TPSA) is 26.3 Å². The lowest BCUT2D eigenvalue weighted by atomic mass is 9.96. The molecule has 2 aromatic carbocycles. The van der Waals surface area contributed by atoms with E-state index in [1.54, 1.807) is 0 Å². The largest absolute Gasteiger partial charge is 0.493 e. The summed E-state index contributed by atoms with van der Waals surface area (Å²) in [6.45, 7) is 5.26. The second-order valence-electron chi connectivity index (χ2n) is 7.03. The Balaban J connectivity index is 1.89. The molecule has 0 saturated carbocycles. The molecule has 0 saturated heterocycles. The van der Waals surface area contributed by atoms with E-state index in [4.69, 9.17) is 4.74 Å². The van der Waals surface area contributed by atoms with Crippen LogP contribution in [0.1, 0.15) is 74.7 Å². The van der Waals surface area contributed by atoms with Crippen LogP contribution in [0.25, 0.3) is 0 Å². The molecule has 0 aliphatic rings. The van der Waals surface area contributed by atoms with Crippen LogP contribution in [-0.4, -0.2) is 12.4 Å². The Morgan fingerprint density at radius 2 is 1.42 bits per heavy atom. The maximum Gasteiger partial charge on any atom is 0.193 e. The van der Waals surface area contributed by atoms with Gasteiger partial charge in [0.2, 0.25) is 0 Å². The third-order valence-corrected chi connectivity index (χ3v) is 4.82. The Morgan fingerprint density at radius 1 is 0.808 bits per heavy atom. The Bertz CT molecular complexity index is 631. The monoisotopic (exact) mass is 352 g/mol. The van der Waals surface area contributed by atoms with Gasteiger partial charge in [0.15, 0.2) is 5.78 Å². The predicted octanol–water partition coefficient (Wildman–Crippen LogP) is 6.68. The van der Waals surface area contributed by atoms with Gasteiger partial charge in [0.05, 0.1) is 6.61 Å². The van der Waals surface area contributed by atoms with Gasteiger partial charge in [-0.15, -0.1) is 0 Å². The van der Waals surface area contributed by atoms with Crippen molar-refractivity contribution in [2.24, 2.45) is 5.92 Å². The average Bonchev–Trinajstić information content (AvgIpc) is 2.70. The van der Waals surface area contributed by atoms with E-state index in [-0.39, 0.29) is 5.78 Å². The maximum absolute atomic E-state index is 12.4. The van der Waals surface area contributed by atoms with Crippen LogP contribution in [0.5, 0.6) is 5.75 Å². The molecule has 0 aliphatic carbocycles. The van der Waals surface area contributed by atoms with Crippen molar-refractivity contribution in [3.8, 4) is 5.75 Å². The summed E-state index contributed by atoms with van der Waals surface area (Å²) in [5.74, 6) is 1.54. The van der Waals surface area contributed by atoms with Gasteiger partial charge in [-0.25, -0.2) is 0 Å². The van der Waals surface area contributed by atoms with Gasteiger partial charge in [-0.3, -0.25) is 4.79 Å². The van der Waals surface area contributed by atoms with Crippen LogP contribution in [0.2, 0.25) is 0 Å². The van der Waals surface area contributed by atoms with Crippen LogP contribution in [0.3, 0.4) is 0 Å². The van der Waals surface area contributed by atoms with Crippen LogP contribution >= 0.6 is 0 Å². The lowest BCUT2D eigenvalue weighted by Crippen LogP contribution is -2.12. The summed E-state index contributed by atoms with van der Waals surface area (Å²) in [4.78, 5) is 12.4. The number of ketones is 1. The molecule has 2 nitrogen and oxygen atoms in total.